The van der Waals surface area contributed by atoms with Crippen molar-refractivity contribution in [2.24, 2.45) is 0 Å². The van der Waals surface area contributed by atoms with Crippen LogP contribution in [0, 0.1) is 13.8 Å². The van der Waals surface area contributed by atoms with Crippen molar-refractivity contribution < 1.29 is 22.7 Å². The standard InChI is InChI=1S/C25H25BrN2O5S/c1-4-33-25(30)22-6-5-7-23(18(22)3)27-24(29)16-28(20-12-10-19(26)11-13-20)34(31,32)21-14-8-17(2)9-15-21/h5-15H,4,16H2,1-3H3,(H,27,29). The molecule has 0 aromatic heterocycles. The van der Waals surface area contributed by atoms with Crippen LogP contribution in [-0.4, -0.2) is 33.4 Å². The van der Waals surface area contributed by atoms with Crippen LogP contribution in [-0.2, 0) is 19.6 Å². The van der Waals surface area contributed by atoms with Gasteiger partial charge in [0.15, 0.2) is 0 Å². The molecule has 0 atom stereocenters. The van der Waals surface area contributed by atoms with Crippen LogP contribution in [0.5, 0.6) is 0 Å². The fraction of sp³-hybridized carbons (Fsp3) is 0.200. The van der Waals surface area contributed by atoms with Gasteiger partial charge < -0.3 is 10.1 Å². The van der Waals surface area contributed by atoms with Crippen molar-refractivity contribution in [2.45, 2.75) is 25.7 Å². The predicted octanol–water partition coefficient (Wildman–Crippen LogP) is 5.08. The third-order valence-corrected chi connectivity index (χ3v) is 7.43. The smallest absolute Gasteiger partial charge is 0.338 e. The summed E-state index contributed by atoms with van der Waals surface area (Å²) in [6.07, 6.45) is 0. The Kier molecular flexibility index (Phi) is 8.11. The van der Waals surface area contributed by atoms with E-state index in [1.54, 1.807) is 68.4 Å². The van der Waals surface area contributed by atoms with Gasteiger partial charge in [0.05, 0.1) is 22.8 Å². The lowest BCUT2D eigenvalue weighted by Gasteiger charge is -2.24. The van der Waals surface area contributed by atoms with Crippen molar-refractivity contribution >= 4 is 49.2 Å². The summed E-state index contributed by atoms with van der Waals surface area (Å²) in [6.45, 7) is 5.04. The van der Waals surface area contributed by atoms with Crippen LogP contribution in [0.25, 0.3) is 0 Å². The minimum Gasteiger partial charge on any atom is -0.462 e. The van der Waals surface area contributed by atoms with Gasteiger partial charge in [-0.25, -0.2) is 13.2 Å². The topological polar surface area (TPSA) is 92.8 Å². The molecule has 178 valence electrons. The second-order valence-corrected chi connectivity index (χ2v) is 10.3. The number of halogens is 1. The molecule has 34 heavy (non-hydrogen) atoms. The molecule has 7 nitrogen and oxygen atoms in total. The van der Waals surface area contributed by atoms with Gasteiger partial charge in [-0.2, -0.15) is 0 Å². The number of hydrogen-bond donors (Lipinski definition) is 1. The van der Waals surface area contributed by atoms with Gasteiger partial charge in [-0.1, -0.05) is 39.7 Å². The molecule has 1 N–H and O–H groups in total. The average Bonchev–Trinajstić information content (AvgIpc) is 2.80. The van der Waals surface area contributed by atoms with Gasteiger partial charge in [0.2, 0.25) is 5.91 Å². The van der Waals surface area contributed by atoms with Gasteiger partial charge in [0.1, 0.15) is 6.54 Å². The highest BCUT2D eigenvalue weighted by molar-refractivity contribution is 9.10. The van der Waals surface area contributed by atoms with Crippen LogP contribution in [0.3, 0.4) is 0 Å². The zero-order valence-electron chi connectivity index (χ0n) is 19.0. The number of sulfonamides is 1. The summed E-state index contributed by atoms with van der Waals surface area (Å²) in [5.41, 5.74) is 2.53. The van der Waals surface area contributed by atoms with Gasteiger partial charge in [-0.3, -0.25) is 9.10 Å². The molecule has 1 amide bonds. The number of esters is 1. The van der Waals surface area contributed by atoms with E-state index in [-0.39, 0.29) is 11.5 Å². The molecule has 0 heterocycles. The monoisotopic (exact) mass is 544 g/mol. The van der Waals surface area contributed by atoms with Gasteiger partial charge in [-0.05, 0) is 74.9 Å². The second kappa shape index (κ2) is 10.8. The fourth-order valence-corrected chi connectivity index (χ4v) is 4.97. The molecule has 0 unspecified atom stereocenters. The number of amides is 1. The molecule has 0 saturated carbocycles. The molecule has 3 aromatic carbocycles. The summed E-state index contributed by atoms with van der Waals surface area (Å²) < 4.78 is 33.8. The van der Waals surface area contributed by atoms with Crippen LogP contribution in [0.15, 0.2) is 76.1 Å². The van der Waals surface area contributed by atoms with Gasteiger partial charge >= 0.3 is 5.97 Å². The van der Waals surface area contributed by atoms with E-state index in [0.29, 0.717) is 22.5 Å². The van der Waals surface area contributed by atoms with Gasteiger partial charge in [0.25, 0.3) is 10.0 Å². The Bertz CT molecular complexity index is 1290. The summed E-state index contributed by atoms with van der Waals surface area (Å²) in [5.74, 6) is -1.04. The summed E-state index contributed by atoms with van der Waals surface area (Å²) in [4.78, 5) is 25.3. The van der Waals surface area contributed by atoms with E-state index < -0.39 is 28.4 Å². The first-order chi connectivity index (χ1) is 16.1. The fourth-order valence-electron chi connectivity index (χ4n) is 3.28. The van der Waals surface area contributed by atoms with E-state index in [1.807, 2.05) is 6.92 Å². The van der Waals surface area contributed by atoms with E-state index >= 15 is 0 Å². The lowest BCUT2D eigenvalue weighted by Crippen LogP contribution is -2.38. The molecule has 3 rings (SSSR count). The molecule has 0 aliphatic heterocycles. The molecule has 0 spiro atoms. The molecule has 0 bridgehead atoms. The Balaban J connectivity index is 1.92. The Labute approximate surface area is 207 Å². The Morgan fingerprint density at radius 1 is 0.971 bits per heavy atom. The number of carbonyl (C=O) groups is 2. The van der Waals surface area contributed by atoms with Crippen LogP contribution >= 0.6 is 15.9 Å². The summed E-state index contributed by atoms with van der Waals surface area (Å²) >= 11 is 3.35. The zero-order chi connectivity index (χ0) is 24.9. The van der Waals surface area contributed by atoms with Crippen molar-refractivity contribution in [1.29, 1.82) is 0 Å². The van der Waals surface area contributed by atoms with Crippen LogP contribution < -0.4 is 9.62 Å². The molecular formula is C25H25BrN2O5S. The van der Waals surface area contributed by atoms with Gasteiger partial charge in [0, 0.05) is 10.2 Å². The first-order valence-electron chi connectivity index (χ1n) is 10.5. The third kappa shape index (κ3) is 5.84. The first-order valence-corrected chi connectivity index (χ1v) is 12.8. The maximum atomic E-state index is 13.5. The van der Waals surface area contributed by atoms with Gasteiger partial charge in [-0.15, -0.1) is 0 Å². The maximum Gasteiger partial charge on any atom is 0.338 e. The minimum absolute atomic E-state index is 0.0781. The number of anilines is 2. The number of carbonyl (C=O) groups excluding carboxylic acids is 2. The van der Waals surface area contributed by atoms with Crippen molar-refractivity contribution in [1.82, 2.24) is 0 Å². The lowest BCUT2D eigenvalue weighted by molar-refractivity contribution is -0.114. The van der Waals surface area contributed by atoms with E-state index in [9.17, 15) is 18.0 Å². The predicted molar refractivity (Wildman–Crippen MR) is 136 cm³/mol. The number of aryl methyl sites for hydroxylation is 1. The van der Waals surface area contributed by atoms with Crippen molar-refractivity contribution in [2.75, 3.05) is 22.8 Å². The summed E-state index contributed by atoms with van der Waals surface area (Å²) in [6, 6.07) is 18.0. The largest absolute Gasteiger partial charge is 0.462 e. The number of rotatable bonds is 8. The molecular weight excluding hydrogens is 520 g/mol. The van der Waals surface area contributed by atoms with Crippen molar-refractivity contribution in [3.8, 4) is 0 Å². The number of ether oxygens (including phenoxy) is 1. The third-order valence-electron chi connectivity index (χ3n) is 5.11. The summed E-state index contributed by atoms with van der Waals surface area (Å²) in [5, 5.41) is 2.73. The number of benzene rings is 3. The van der Waals surface area contributed by atoms with E-state index in [0.717, 1.165) is 14.3 Å². The van der Waals surface area contributed by atoms with E-state index in [1.165, 1.54) is 12.1 Å². The first kappa shape index (κ1) is 25.5. The van der Waals surface area contributed by atoms with Crippen molar-refractivity contribution in [3.05, 3.63) is 87.9 Å². The number of nitrogens with one attached hydrogen (secondary N) is 1. The normalized spacial score (nSPS) is 11.1. The molecule has 0 fully saturated rings. The average molecular weight is 545 g/mol. The molecule has 9 heteroatoms. The SMILES string of the molecule is CCOC(=O)c1cccc(NC(=O)CN(c2ccc(Br)cc2)S(=O)(=O)c2ccc(C)cc2)c1C. The highest BCUT2D eigenvalue weighted by Crippen LogP contribution is 2.26. The molecule has 0 radical (unpaired) electrons. The van der Waals surface area contributed by atoms with Crippen molar-refractivity contribution in [3.63, 3.8) is 0 Å². The van der Waals surface area contributed by atoms with E-state index in [4.69, 9.17) is 4.74 Å². The zero-order valence-corrected chi connectivity index (χ0v) is 21.4. The lowest BCUT2D eigenvalue weighted by atomic mass is 10.1. The second-order valence-electron chi connectivity index (χ2n) is 7.55. The Morgan fingerprint density at radius 2 is 1.62 bits per heavy atom. The number of nitrogens with zero attached hydrogens (tertiary/aromatic N) is 1. The minimum atomic E-state index is -4.03. The van der Waals surface area contributed by atoms with E-state index in [2.05, 4.69) is 21.2 Å². The maximum absolute atomic E-state index is 13.5. The molecule has 3 aromatic rings. The quantitative estimate of drug-likeness (QED) is 0.399. The van der Waals surface area contributed by atoms with Crippen LogP contribution in [0.4, 0.5) is 11.4 Å². The molecule has 0 aliphatic carbocycles. The molecule has 0 saturated heterocycles. The Hall–Kier alpha value is -3.17. The van der Waals surface area contributed by atoms with Crippen LogP contribution in [0.1, 0.15) is 28.4 Å². The molecule has 0 aliphatic rings. The summed E-state index contributed by atoms with van der Waals surface area (Å²) in [7, 11) is -4.03. The Morgan fingerprint density at radius 3 is 2.24 bits per heavy atom. The highest BCUT2D eigenvalue weighted by atomic mass is 79.9. The highest BCUT2D eigenvalue weighted by Gasteiger charge is 2.27. The number of hydrogen-bond acceptors (Lipinski definition) is 5. The van der Waals surface area contributed by atoms with Crippen LogP contribution in [0.2, 0.25) is 0 Å².